The van der Waals surface area contributed by atoms with Gasteiger partial charge >= 0.3 is 5.69 Å². The minimum absolute atomic E-state index is 0.0314. The van der Waals surface area contributed by atoms with Crippen molar-refractivity contribution >= 4 is 17.4 Å². The first-order valence-electron chi connectivity index (χ1n) is 6.43. The highest BCUT2D eigenvalue weighted by molar-refractivity contribution is 6.18. The molecule has 0 aliphatic carbocycles. The van der Waals surface area contributed by atoms with Crippen LogP contribution in [0.4, 0.5) is 10.2 Å². The molecule has 4 N–H and O–H groups in total. The highest BCUT2D eigenvalue weighted by Gasteiger charge is 2.49. The SMILES string of the molecule is Nc1nc(=O)n([C@H]2C[C@H](O)[C@](CO)(CF)O2)cc1CCCl. The molecule has 7 nitrogen and oxygen atoms in total. The van der Waals surface area contributed by atoms with E-state index in [1.165, 1.54) is 6.20 Å². The van der Waals surface area contributed by atoms with E-state index in [1.54, 1.807) is 0 Å². The van der Waals surface area contributed by atoms with Crippen molar-refractivity contribution < 1.29 is 19.3 Å². The summed E-state index contributed by atoms with van der Waals surface area (Å²) >= 11 is 5.65. The molecule has 1 aliphatic rings. The predicted molar refractivity (Wildman–Crippen MR) is 73.9 cm³/mol. The van der Waals surface area contributed by atoms with Crippen molar-refractivity contribution in [2.45, 2.75) is 30.8 Å². The lowest BCUT2D eigenvalue weighted by molar-refractivity contribution is -0.138. The number of hydrogen-bond donors (Lipinski definition) is 3. The zero-order valence-corrected chi connectivity index (χ0v) is 12.0. The second-order valence-electron chi connectivity index (χ2n) is 4.96. The van der Waals surface area contributed by atoms with Crippen molar-refractivity contribution in [1.82, 2.24) is 9.55 Å². The molecule has 0 unspecified atom stereocenters. The van der Waals surface area contributed by atoms with Crippen LogP contribution in [0.2, 0.25) is 0 Å². The zero-order valence-electron chi connectivity index (χ0n) is 11.2. The molecule has 2 rings (SSSR count). The van der Waals surface area contributed by atoms with E-state index in [4.69, 9.17) is 22.1 Å². The first kappa shape index (κ1) is 16.2. The van der Waals surface area contributed by atoms with Crippen molar-refractivity contribution in [3.8, 4) is 0 Å². The second kappa shape index (κ2) is 6.27. The maximum atomic E-state index is 13.1. The van der Waals surface area contributed by atoms with Crippen LogP contribution in [0, 0.1) is 0 Å². The van der Waals surface area contributed by atoms with Crippen molar-refractivity contribution in [3.05, 3.63) is 22.2 Å². The normalized spacial score (nSPS) is 29.0. The molecule has 1 aromatic heterocycles. The van der Waals surface area contributed by atoms with Crippen molar-refractivity contribution in [1.29, 1.82) is 0 Å². The van der Waals surface area contributed by atoms with Crippen LogP contribution >= 0.6 is 11.6 Å². The summed E-state index contributed by atoms with van der Waals surface area (Å²) in [5.74, 6) is 0.373. The number of alkyl halides is 2. The van der Waals surface area contributed by atoms with Crippen LogP contribution in [0.3, 0.4) is 0 Å². The van der Waals surface area contributed by atoms with Crippen LogP contribution in [0.1, 0.15) is 18.2 Å². The average molecular weight is 322 g/mol. The molecule has 1 aliphatic heterocycles. The Morgan fingerprint density at radius 2 is 2.38 bits per heavy atom. The Bertz CT molecular complexity index is 564. The minimum Gasteiger partial charge on any atom is -0.393 e. The van der Waals surface area contributed by atoms with E-state index < -0.39 is 36.9 Å². The molecule has 0 saturated carbocycles. The van der Waals surface area contributed by atoms with Gasteiger partial charge in [0.1, 0.15) is 24.3 Å². The number of aliphatic hydroxyl groups excluding tert-OH is 2. The van der Waals surface area contributed by atoms with E-state index in [0.29, 0.717) is 17.9 Å². The predicted octanol–water partition coefficient (Wildman–Crippen LogP) is -0.413. The first-order valence-corrected chi connectivity index (χ1v) is 6.97. The number of ether oxygens (including phenoxy) is 1. The largest absolute Gasteiger partial charge is 0.393 e. The zero-order chi connectivity index (χ0) is 15.6. The number of halogens is 2. The number of aryl methyl sites for hydroxylation is 1. The average Bonchev–Trinajstić information content (AvgIpc) is 2.79. The third-order valence-electron chi connectivity index (χ3n) is 3.63. The molecule has 0 spiro atoms. The van der Waals surface area contributed by atoms with Crippen molar-refractivity contribution in [3.63, 3.8) is 0 Å². The van der Waals surface area contributed by atoms with Gasteiger partial charge in [-0.2, -0.15) is 4.98 Å². The molecule has 1 aromatic rings. The summed E-state index contributed by atoms with van der Waals surface area (Å²) in [5, 5.41) is 19.1. The topological polar surface area (TPSA) is 111 Å². The Morgan fingerprint density at radius 3 is 2.90 bits per heavy atom. The maximum Gasteiger partial charge on any atom is 0.351 e. The van der Waals surface area contributed by atoms with E-state index in [1.807, 2.05) is 0 Å². The second-order valence-corrected chi connectivity index (χ2v) is 5.34. The summed E-state index contributed by atoms with van der Waals surface area (Å²) in [6.07, 6.45) is -0.327. The molecule has 1 fully saturated rings. The molecule has 3 atom stereocenters. The van der Waals surface area contributed by atoms with Gasteiger partial charge in [-0.15, -0.1) is 11.6 Å². The highest BCUT2D eigenvalue weighted by atomic mass is 35.5. The van der Waals surface area contributed by atoms with Gasteiger partial charge in [-0.1, -0.05) is 0 Å². The number of nitrogens with two attached hydrogens (primary N) is 1. The molecular formula is C12H17ClFN3O4. The van der Waals surface area contributed by atoms with Gasteiger partial charge in [0.2, 0.25) is 0 Å². The summed E-state index contributed by atoms with van der Waals surface area (Å²) in [4.78, 5) is 15.6. The highest BCUT2D eigenvalue weighted by Crippen LogP contribution is 2.36. The lowest BCUT2D eigenvalue weighted by atomic mass is 10.00. The summed E-state index contributed by atoms with van der Waals surface area (Å²) < 4.78 is 19.6. The smallest absolute Gasteiger partial charge is 0.351 e. The fraction of sp³-hybridized carbons (Fsp3) is 0.667. The summed E-state index contributed by atoms with van der Waals surface area (Å²) in [7, 11) is 0. The van der Waals surface area contributed by atoms with E-state index in [9.17, 15) is 19.4 Å². The van der Waals surface area contributed by atoms with Crippen LogP contribution in [0.5, 0.6) is 0 Å². The number of nitrogen functional groups attached to an aromatic ring is 1. The van der Waals surface area contributed by atoms with Gasteiger partial charge in [0.15, 0.2) is 0 Å². The number of nitrogens with zero attached hydrogens (tertiary/aromatic N) is 2. The van der Waals surface area contributed by atoms with Crippen molar-refractivity contribution in [2.24, 2.45) is 0 Å². The number of aliphatic hydroxyl groups is 2. The first-order chi connectivity index (χ1) is 9.97. The van der Waals surface area contributed by atoms with Gasteiger partial charge in [0.25, 0.3) is 0 Å². The van der Waals surface area contributed by atoms with Crippen molar-refractivity contribution in [2.75, 3.05) is 24.9 Å². The Labute approximate surface area is 125 Å². The van der Waals surface area contributed by atoms with Gasteiger partial charge in [0.05, 0.1) is 12.7 Å². The molecule has 9 heteroatoms. The molecule has 1 saturated heterocycles. The van der Waals surface area contributed by atoms with E-state index >= 15 is 0 Å². The molecular weight excluding hydrogens is 305 g/mol. The van der Waals surface area contributed by atoms with Crippen LogP contribution in [-0.4, -0.2) is 50.6 Å². The van der Waals surface area contributed by atoms with E-state index in [2.05, 4.69) is 4.98 Å². The fourth-order valence-corrected chi connectivity index (χ4v) is 2.51. The molecule has 0 bridgehead atoms. The van der Waals surface area contributed by atoms with E-state index in [-0.39, 0.29) is 12.2 Å². The summed E-state index contributed by atoms with van der Waals surface area (Å²) in [6, 6.07) is 0. The van der Waals surface area contributed by atoms with Gasteiger partial charge in [-0.25, -0.2) is 9.18 Å². The fourth-order valence-electron chi connectivity index (χ4n) is 2.30. The Kier molecular flexibility index (Phi) is 4.82. The minimum atomic E-state index is -1.71. The van der Waals surface area contributed by atoms with Crippen LogP contribution < -0.4 is 11.4 Å². The van der Waals surface area contributed by atoms with Crippen LogP contribution in [0.15, 0.2) is 11.0 Å². The van der Waals surface area contributed by atoms with Gasteiger partial charge in [-0.05, 0) is 6.42 Å². The third kappa shape index (κ3) is 2.89. The lowest BCUT2D eigenvalue weighted by Gasteiger charge is -2.26. The molecule has 21 heavy (non-hydrogen) atoms. The summed E-state index contributed by atoms with van der Waals surface area (Å²) in [6.45, 7) is -1.75. The molecule has 0 radical (unpaired) electrons. The van der Waals surface area contributed by atoms with Gasteiger partial charge < -0.3 is 20.7 Å². The molecule has 0 amide bonds. The monoisotopic (exact) mass is 321 g/mol. The Hall–Kier alpha value is -1.22. The number of aromatic nitrogens is 2. The maximum absolute atomic E-state index is 13.1. The molecule has 118 valence electrons. The summed E-state index contributed by atoms with van der Waals surface area (Å²) in [5.41, 5.74) is 3.81. The Balaban J connectivity index is 2.35. The molecule has 2 heterocycles. The Morgan fingerprint density at radius 1 is 1.67 bits per heavy atom. The standard InChI is InChI=1S/C12H17ClFN3O4/c13-2-1-7-4-17(11(20)16-10(7)15)9-3-8(19)12(5-14,6-18)21-9/h4,8-9,18-19H,1-3,5-6H2,(H2,15,16,20)/t8-,9+,12+/m0/s1. The van der Waals surface area contributed by atoms with Gasteiger partial charge in [0, 0.05) is 24.1 Å². The van der Waals surface area contributed by atoms with E-state index in [0.717, 1.165) is 4.57 Å². The van der Waals surface area contributed by atoms with Gasteiger partial charge in [-0.3, -0.25) is 4.57 Å². The number of rotatable bonds is 5. The lowest BCUT2D eigenvalue weighted by Crippen LogP contribution is -2.45. The quantitative estimate of drug-likeness (QED) is 0.636. The number of hydrogen-bond acceptors (Lipinski definition) is 6. The van der Waals surface area contributed by atoms with Crippen LogP contribution in [-0.2, 0) is 11.2 Å². The third-order valence-corrected chi connectivity index (χ3v) is 3.82. The molecule has 0 aromatic carbocycles. The number of anilines is 1. The van der Waals surface area contributed by atoms with Crippen LogP contribution in [0.25, 0.3) is 0 Å².